The zero-order valence-corrected chi connectivity index (χ0v) is 4.38. The van der Waals surface area contributed by atoms with E-state index in [0.29, 0.717) is 0 Å². The van der Waals surface area contributed by atoms with Gasteiger partial charge in [-0.1, -0.05) is 0 Å². The van der Waals surface area contributed by atoms with Gasteiger partial charge in [-0.25, -0.2) is 9.79 Å². The van der Waals surface area contributed by atoms with Gasteiger partial charge in [-0.2, -0.15) is 0 Å². The maximum atomic E-state index is 10.0. The van der Waals surface area contributed by atoms with Crippen molar-refractivity contribution >= 4 is 11.7 Å². The molecule has 3 heteroatoms. The topological polar surface area (TPSA) is 49.7 Å². The van der Waals surface area contributed by atoms with Gasteiger partial charge in [0, 0.05) is 11.8 Å². The molecule has 0 saturated carbocycles. The molecule has 0 fully saturated rings. The summed E-state index contributed by atoms with van der Waals surface area (Å²) in [6, 6.07) is 0. The van der Waals surface area contributed by atoms with Crippen LogP contribution in [0.4, 0.5) is 0 Å². The number of carboxylic acid groups (broad SMARTS) is 1. The van der Waals surface area contributed by atoms with E-state index < -0.39 is 5.97 Å². The molecule has 1 aliphatic heterocycles. The third kappa shape index (κ3) is 0.521. The van der Waals surface area contributed by atoms with Crippen molar-refractivity contribution in [3.8, 4) is 0 Å². The first-order chi connectivity index (χ1) is 3.72. The molecule has 42 valence electrons. The first kappa shape index (κ1) is 5.03. The smallest absolute Gasteiger partial charge is 0.354 e. The van der Waals surface area contributed by atoms with E-state index in [1.807, 2.05) is 0 Å². The molecule has 1 aliphatic rings. The van der Waals surface area contributed by atoms with Crippen LogP contribution in [-0.2, 0) is 4.79 Å². The van der Waals surface area contributed by atoms with Crippen LogP contribution >= 0.6 is 0 Å². The highest BCUT2D eigenvalue weighted by Gasteiger charge is 2.15. The van der Waals surface area contributed by atoms with Crippen molar-refractivity contribution in [3.63, 3.8) is 0 Å². The Hall–Kier alpha value is -1.12. The number of carboxylic acids is 1. The van der Waals surface area contributed by atoms with Crippen LogP contribution in [0.3, 0.4) is 0 Å². The van der Waals surface area contributed by atoms with Gasteiger partial charge in [0.25, 0.3) is 0 Å². The van der Waals surface area contributed by atoms with Crippen molar-refractivity contribution in [2.45, 2.75) is 6.92 Å². The van der Waals surface area contributed by atoms with Crippen LogP contribution in [0.1, 0.15) is 6.92 Å². The third-order valence-corrected chi connectivity index (χ3v) is 0.963. The Kier molecular flexibility index (Phi) is 0.901. The summed E-state index contributed by atoms with van der Waals surface area (Å²) in [4.78, 5) is 13.5. The Morgan fingerprint density at radius 1 is 1.88 bits per heavy atom. The second kappa shape index (κ2) is 1.43. The van der Waals surface area contributed by atoms with Gasteiger partial charge in [0.1, 0.15) is 0 Å². The van der Waals surface area contributed by atoms with E-state index >= 15 is 0 Å². The van der Waals surface area contributed by atoms with Crippen LogP contribution in [0.25, 0.3) is 0 Å². The second-order valence-electron chi connectivity index (χ2n) is 1.59. The molecule has 8 heavy (non-hydrogen) atoms. The van der Waals surface area contributed by atoms with Gasteiger partial charge in [0.05, 0.1) is 0 Å². The fourth-order valence-corrected chi connectivity index (χ4v) is 0.482. The van der Waals surface area contributed by atoms with Gasteiger partial charge in [-0.05, 0) is 6.92 Å². The lowest BCUT2D eigenvalue weighted by molar-refractivity contribution is -0.129. The highest BCUT2D eigenvalue weighted by molar-refractivity contribution is 6.44. The molecule has 0 aliphatic carbocycles. The fourth-order valence-electron chi connectivity index (χ4n) is 0.482. The Labute approximate surface area is 46.4 Å². The number of hydrogen-bond acceptors (Lipinski definition) is 2. The maximum absolute atomic E-state index is 10.0. The monoisotopic (exact) mass is 111 g/mol. The average molecular weight is 111 g/mol. The Morgan fingerprint density at radius 2 is 2.50 bits per heavy atom. The summed E-state index contributed by atoms with van der Waals surface area (Å²) in [5.41, 5.74) is 0.933. The van der Waals surface area contributed by atoms with Gasteiger partial charge < -0.3 is 5.11 Å². The molecule has 0 spiro atoms. The van der Waals surface area contributed by atoms with Crippen LogP contribution in [-0.4, -0.2) is 16.8 Å². The summed E-state index contributed by atoms with van der Waals surface area (Å²) < 4.78 is 0. The van der Waals surface area contributed by atoms with E-state index in [2.05, 4.69) is 4.99 Å². The lowest BCUT2D eigenvalue weighted by Gasteiger charge is -2.04. The Balaban J connectivity index is 2.66. The van der Waals surface area contributed by atoms with Crippen LogP contribution in [0.15, 0.2) is 16.8 Å². The second-order valence-corrected chi connectivity index (χ2v) is 1.59. The maximum Gasteiger partial charge on any atom is 0.354 e. The van der Waals surface area contributed by atoms with Gasteiger partial charge in [0.15, 0.2) is 5.71 Å². The molecule has 0 unspecified atom stereocenters. The normalized spacial score (nSPS) is 16.1. The minimum absolute atomic E-state index is 0.185. The molecule has 1 rings (SSSR count). The largest absolute Gasteiger partial charge is 0.477 e. The van der Waals surface area contributed by atoms with Crippen molar-refractivity contribution in [1.82, 2.24) is 0 Å². The lowest BCUT2D eigenvalue weighted by atomic mass is 10.1. The van der Waals surface area contributed by atoms with Crippen LogP contribution < -0.4 is 0 Å². The highest BCUT2D eigenvalue weighted by Crippen LogP contribution is 2.07. The molecule has 1 heterocycles. The number of carbonyl (C=O) groups is 1. The number of aliphatic carboxylic acids is 1. The summed E-state index contributed by atoms with van der Waals surface area (Å²) in [5.74, 6) is -0.940. The Bertz CT molecular complexity index is 185. The third-order valence-electron chi connectivity index (χ3n) is 0.963. The molecule has 0 radical (unpaired) electrons. The number of rotatable bonds is 1. The van der Waals surface area contributed by atoms with Gasteiger partial charge in [-0.3, -0.25) is 0 Å². The Morgan fingerprint density at radius 3 is 2.50 bits per heavy atom. The van der Waals surface area contributed by atoms with E-state index in [4.69, 9.17) is 5.11 Å². The van der Waals surface area contributed by atoms with Crippen molar-refractivity contribution in [2.75, 3.05) is 0 Å². The molecule has 0 aromatic carbocycles. The molecule has 0 aromatic rings. The molecular weight excluding hydrogens is 106 g/mol. The van der Waals surface area contributed by atoms with Crippen LogP contribution in [0.5, 0.6) is 0 Å². The van der Waals surface area contributed by atoms with E-state index in [-0.39, 0.29) is 5.71 Å². The molecule has 0 atom stereocenters. The predicted molar refractivity (Wildman–Crippen MR) is 28.8 cm³/mol. The summed E-state index contributed by atoms with van der Waals surface area (Å²) in [6.45, 7) is 1.72. The predicted octanol–water partition coefficient (Wildman–Crippen LogP) is 0.429. The van der Waals surface area contributed by atoms with Crippen molar-refractivity contribution in [2.24, 2.45) is 4.99 Å². The standard InChI is InChI=1S/C5H5NO2/c1-3-2-6-4(3)5(7)8/h2H,1H3,(H,7,8). The van der Waals surface area contributed by atoms with E-state index in [0.717, 1.165) is 5.57 Å². The lowest BCUT2D eigenvalue weighted by Crippen LogP contribution is -2.18. The van der Waals surface area contributed by atoms with E-state index in [9.17, 15) is 4.79 Å². The SMILES string of the molecule is CC1=CN=C1C(=O)O. The van der Waals surface area contributed by atoms with Gasteiger partial charge in [-0.15, -0.1) is 0 Å². The van der Waals surface area contributed by atoms with E-state index in [1.165, 1.54) is 6.20 Å². The molecule has 3 nitrogen and oxygen atoms in total. The summed E-state index contributed by atoms with van der Waals surface area (Å²) in [6.07, 6.45) is 1.53. The molecular formula is C5H5NO2. The molecule has 0 amide bonds. The first-order valence-corrected chi connectivity index (χ1v) is 2.20. The zero-order valence-electron chi connectivity index (χ0n) is 4.38. The summed E-state index contributed by atoms with van der Waals surface area (Å²) in [7, 11) is 0. The van der Waals surface area contributed by atoms with Crippen LogP contribution in [0, 0.1) is 0 Å². The quantitative estimate of drug-likeness (QED) is 0.533. The minimum Gasteiger partial charge on any atom is -0.477 e. The number of nitrogens with zero attached hydrogens (tertiary/aromatic N) is 1. The first-order valence-electron chi connectivity index (χ1n) is 2.20. The van der Waals surface area contributed by atoms with Crippen LogP contribution in [0.2, 0.25) is 0 Å². The average Bonchev–Trinajstić information content (AvgIpc) is 1.61. The van der Waals surface area contributed by atoms with Gasteiger partial charge in [0.2, 0.25) is 0 Å². The van der Waals surface area contributed by atoms with Crippen molar-refractivity contribution < 1.29 is 9.90 Å². The zero-order chi connectivity index (χ0) is 6.15. The molecule has 0 saturated heterocycles. The molecule has 0 bridgehead atoms. The summed E-state index contributed by atoms with van der Waals surface area (Å²) >= 11 is 0. The molecule has 0 aromatic heterocycles. The van der Waals surface area contributed by atoms with Crippen molar-refractivity contribution in [3.05, 3.63) is 11.8 Å². The molecule has 1 N–H and O–H groups in total. The highest BCUT2D eigenvalue weighted by atomic mass is 16.4. The van der Waals surface area contributed by atoms with Crippen molar-refractivity contribution in [1.29, 1.82) is 0 Å². The number of aliphatic imine (C=N–C) groups is 1. The number of hydrogen-bond donors (Lipinski definition) is 1. The van der Waals surface area contributed by atoms with Gasteiger partial charge >= 0.3 is 5.97 Å². The fraction of sp³-hybridized carbons (Fsp3) is 0.200. The van der Waals surface area contributed by atoms with E-state index in [1.54, 1.807) is 6.92 Å². The minimum atomic E-state index is -0.940. The summed E-state index contributed by atoms with van der Waals surface area (Å²) in [5, 5.41) is 8.23.